The highest BCUT2D eigenvalue weighted by atomic mass is 17.3. The van der Waals surface area contributed by atoms with E-state index in [1.165, 1.54) is 13.8 Å². The van der Waals surface area contributed by atoms with E-state index < -0.39 is 11.6 Å². The van der Waals surface area contributed by atoms with Crippen LogP contribution in [0.4, 0.5) is 0 Å². The lowest BCUT2D eigenvalue weighted by atomic mass is 10.1. The van der Waals surface area contributed by atoms with E-state index in [9.17, 15) is 0 Å². The molecule has 0 radical (unpaired) electrons. The van der Waals surface area contributed by atoms with E-state index in [0.717, 1.165) is 0 Å². The van der Waals surface area contributed by atoms with Crippen molar-refractivity contribution in [3.05, 3.63) is 0 Å². The summed E-state index contributed by atoms with van der Waals surface area (Å²) < 4.78 is 0. The average Bonchev–Trinajstić information content (AvgIpc) is 2.11. The molecule has 2 atom stereocenters. The van der Waals surface area contributed by atoms with Gasteiger partial charge >= 0.3 is 0 Å². The molecule has 0 saturated carbocycles. The second-order valence-electron chi connectivity index (χ2n) is 3.12. The smallest absolute Gasteiger partial charge is 0.231 e. The summed E-state index contributed by atoms with van der Waals surface area (Å²) >= 11 is 0. The standard InChI is InChI=1S/C6H12O6/c1-5(9-7)3-4-6(2,10-8)12-11-5/h7-8H,3-4H2,1-2H3. The van der Waals surface area contributed by atoms with Gasteiger partial charge in [-0.1, -0.05) is 0 Å². The van der Waals surface area contributed by atoms with Crippen molar-refractivity contribution >= 4 is 0 Å². The first kappa shape index (κ1) is 9.85. The van der Waals surface area contributed by atoms with Crippen LogP contribution in [0.2, 0.25) is 0 Å². The van der Waals surface area contributed by atoms with Gasteiger partial charge in [0.25, 0.3) is 0 Å². The molecule has 2 N–H and O–H groups in total. The summed E-state index contributed by atoms with van der Waals surface area (Å²) in [6.07, 6.45) is 0.696. The SMILES string of the molecule is CC1(OO)CCC(C)(OO)OO1. The third kappa shape index (κ3) is 1.92. The van der Waals surface area contributed by atoms with Gasteiger partial charge < -0.3 is 0 Å². The van der Waals surface area contributed by atoms with Gasteiger partial charge in [-0.3, -0.25) is 0 Å². The maximum atomic E-state index is 8.38. The van der Waals surface area contributed by atoms with Crippen molar-refractivity contribution in [2.75, 3.05) is 0 Å². The minimum absolute atomic E-state index is 0.348. The van der Waals surface area contributed by atoms with E-state index in [1.54, 1.807) is 0 Å². The fourth-order valence-electron chi connectivity index (χ4n) is 0.835. The zero-order valence-electron chi connectivity index (χ0n) is 6.94. The van der Waals surface area contributed by atoms with Gasteiger partial charge in [0.2, 0.25) is 11.6 Å². The molecule has 1 fully saturated rings. The molecule has 0 aliphatic carbocycles. The first-order chi connectivity index (χ1) is 5.54. The minimum Gasteiger partial charge on any atom is -0.249 e. The summed E-state index contributed by atoms with van der Waals surface area (Å²) in [4.78, 5) is 17.4. The van der Waals surface area contributed by atoms with Gasteiger partial charge in [0, 0.05) is 12.8 Å². The molecule has 1 rings (SSSR count). The summed E-state index contributed by atoms with van der Waals surface area (Å²) in [5, 5.41) is 16.8. The summed E-state index contributed by atoms with van der Waals surface area (Å²) in [5.74, 6) is -2.37. The van der Waals surface area contributed by atoms with E-state index in [4.69, 9.17) is 10.5 Å². The molecular formula is C6H12O6. The fourth-order valence-corrected chi connectivity index (χ4v) is 0.835. The average molecular weight is 180 g/mol. The Balaban J connectivity index is 2.49. The Bertz CT molecular complexity index is 132. The van der Waals surface area contributed by atoms with Crippen molar-refractivity contribution in [3.8, 4) is 0 Å². The molecule has 2 unspecified atom stereocenters. The van der Waals surface area contributed by atoms with Gasteiger partial charge in [-0.15, -0.1) is 0 Å². The zero-order chi connectivity index (χ0) is 9.24. The molecule has 0 aromatic heterocycles. The molecule has 1 aliphatic rings. The molecule has 72 valence electrons. The second kappa shape index (κ2) is 3.25. The molecule has 1 aliphatic heterocycles. The highest BCUT2D eigenvalue weighted by Gasteiger charge is 2.43. The topological polar surface area (TPSA) is 77.4 Å². The highest BCUT2D eigenvalue weighted by molar-refractivity contribution is 4.71. The van der Waals surface area contributed by atoms with E-state index in [-0.39, 0.29) is 0 Å². The molecule has 0 aromatic carbocycles. The Morgan fingerprint density at radius 2 is 1.33 bits per heavy atom. The van der Waals surface area contributed by atoms with Crippen LogP contribution in [-0.2, 0) is 19.6 Å². The molecule has 0 bridgehead atoms. The van der Waals surface area contributed by atoms with E-state index >= 15 is 0 Å². The largest absolute Gasteiger partial charge is 0.249 e. The Morgan fingerprint density at radius 3 is 1.50 bits per heavy atom. The van der Waals surface area contributed by atoms with Crippen LogP contribution >= 0.6 is 0 Å². The van der Waals surface area contributed by atoms with Gasteiger partial charge in [-0.2, -0.15) is 9.78 Å². The first-order valence-electron chi connectivity index (χ1n) is 3.56. The number of hydrogen-bond donors (Lipinski definition) is 2. The molecule has 0 amide bonds. The van der Waals surface area contributed by atoms with Crippen LogP contribution < -0.4 is 0 Å². The fraction of sp³-hybridized carbons (Fsp3) is 1.00. The molecule has 0 spiro atoms. The molecule has 1 heterocycles. The Kier molecular flexibility index (Phi) is 2.67. The van der Waals surface area contributed by atoms with Gasteiger partial charge in [0.1, 0.15) is 0 Å². The van der Waals surface area contributed by atoms with Crippen molar-refractivity contribution in [1.82, 2.24) is 0 Å². The van der Waals surface area contributed by atoms with Crippen molar-refractivity contribution in [1.29, 1.82) is 0 Å². The van der Waals surface area contributed by atoms with Crippen molar-refractivity contribution < 1.29 is 30.1 Å². The van der Waals surface area contributed by atoms with Gasteiger partial charge in [-0.25, -0.2) is 20.3 Å². The van der Waals surface area contributed by atoms with Gasteiger partial charge in [-0.05, 0) is 13.8 Å². The maximum absolute atomic E-state index is 8.38. The van der Waals surface area contributed by atoms with Crippen LogP contribution in [0.25, 0.3) is 0 Å². The van der Waals surface area contributed by atoms with Crippen LogP contribution in [0.15, 0.2) is 0 Å². The first-order valence-corrected chi connectivity index (χ1v) is 3.56. The molecule has 1 saturated heterocycles. The van der Waals surface area contributed by atoms with Crippen molar-refractivity contribution in [2.24, 2.45) is 0 Å². The predicted molar refractivity (Wildman–Crippen MR) is 35.6 cm³/mol. The zero-order valence-corrected chi connectivity index (χ0v) is 6.94. The third-order valence-corrected chi connectivity index (χ3v) is 1.81. The summed E-state index contributed by atoms with van der Waals surface area (Å²) in [5.41, 5.74) is 0. The van der Waals surface area contributed by atoms with Gasteiger partial charge in [0.15, 0.2) is 0 Å². The normalized spacial score (nSPS) is 43.0. The third-order valence-electron chi connectivity index (χ3n) is 1.81. The summed E-state index contributed by atoms with van der Waals surface area (Å²) in [6.45, 7) is 3.01. The summed E-state index contributed by atoms with van der Waals surface area (Å²) in [6, 6.07) is 0. The van der Waals surface area contributed by atoms with E-state index in [0.29, 0.717) is 12.8 Å². The van der Waals surface area contributed by atoms with Crippen LogP contribution in [0.1, 0.15) is 26.7 Å². The van der Waals surface area contributed by atoms with Crippen LogP contribution in [0.5, 0.6) is 0 Å². The number of hydrogen-bond acceptors (Lipinski definition) is 6. The Labute approximate surface area is 69.4 Å². The Hall–Kier alpha value is -0.240. The monoisotopic (exact) mass is 180 g/mol. The molecule has 12 heavy (non-hydrogen) atoms. The van der Waals surface area contributed by atoms with Crippen LogP contribution in [-0.4, -0.2) is 22.1 Å². The maximum Gasteiger partial charge on any atom is 0.231 e. The highest BCUT2D eigenvalue weighted by Crippen LogP contribution is 2.33. The van der Waals surface area contributed by atoms with Crippen LogP contribution in [0, 0.1) is 0 Å². The van der Waals surface area contributed by atoms with Crippen molar-refractivity contribution in [3.63, 3.8) is 0 Å². The van der Waals surface area contributed by atoms with E-state index in [1.807, 2.05) is 0 Å². The minimum atomic E-state index is -1.18. The molecule has 6 heteroatoms. The number of rotatable bonds is 2. The summed E-state index contributed by atoms with van der Waals surface area (Å²) in [7, 11) is 0. The van der Waals surface area contributed by atoms with Crippen LogP contribution in [0.3, 0.4) is 0 Å². The second-order valence-corrected chi connectivity index (χ2v) is 3.12. The van der Waals surface area contributed by atoms with E-state index in [2.05, 4.69) is 19.6 Å². The predicted octanol–water partition coefficient (Wildman–Crippen LogP) is 1.14. The lowest BCUT2D eigenvalue weighted by Crippen LogP contribution is -2.45. The quantitative estimate of drug-likeness (QED) is 0.490. The lowest BCUT2D eigenvalue weighted by molar-refractivity contribution is -0.588. The molecule has 0 aromatic rings. The Morgan fingerprint density at radius 1 is 1.00 bits per heavy atom. The molecular weight excluding hydrogens is 168 g/mol. The van der Waals surface area contributed by atoms with Gasteiger partial charge in [0.05, 0.1) is 0 Å². The lowest BCUT2D eigenvalue weighted by Gasteiger charge is -2.36. The van der Waals surface area contributed by atoms with Crippen molar-refractivity contribution in [2.45, 2.75) is 38.3 Å². The molecule has 6 nitrogen and oxygen atoms in total.